The van der Waals surface area contributed by atoms with E-state index in [4.69, 9.17) is 0 Å². The molecule has 0 radical (unpaired) electrons. The van der Waals surface area contributed by atoms with Crippen molar-refractivity contribution in [1.82, 2.24) is 10.0 Å². The highest BCUT2D eigenvalue weighted by molar-refractivity contribution is 7.89. The van der Waals surface area contributed by atoms with Gasteiger partial charge in [0.25, 0.3) is 0 Å². The van der Waals surface area contributed by atoms with Crippen molar-refractivity contribution in [3.63, 3.8) is 0 Å². The van der Waals surface area contributed by atoms with Gasteiger partial charge >= 0.3 is 0 Å². The zero-order valence-electron chi connectivity index (χ0n) is 11.9. The minimum absolute atomic E-state index is 0.175. The summed E-state index contributed by atoms with van der Waals surface area (Å²) in [7, 11) is -3.10. The Kier molecular flexibility index (Phi) is 6.60. The Labute approximate surface area is 112 Å². The van der Waals surface area contributed by atoms with E-state index in [0.717, 1.165) is 18.8 Å². The van der Waals surface area contributed by atoms with Crippen molar-refractivity contribution in [3.8, 4) is 0 Å². The largest absolute Gasteiger partial charge is 0.313 e. The van der Waals surface area contributed by atoms with Crippen LogP contribution in [0.2, 0.25) is 0 Å². The highest BCUT2D eigenvalue weighted by Gasteiger charge is 2.20. The normalized spacial score (nSPS) is 25.6. The predicted molar refractivity (Wildman–Crippen MR) is 76.1 cm³/mol. The van der Waals surface area contributed by atoms with Crippen LogP contribution in [0.15, 0.2) is 0 Å². The lowest BCUT2D eigenvalue weighted by molar-refractivity contribution is 0.290. The zero-order valence-corrected chi connectivity index (χ0v) is 12.7. The molecular weight excluding hydrogens is 248 g/mol. The fourth-order valence-corrected chi connectivity index (χ4v) is 3.35. The molecule has 1 saturated carbocycles. The minimum atomic E-state index is -3.10. The summed E-state index contributed by atoms with van der Waals surface area (Å²) in [6.45, 7) is 7.45. The van der Waals surface area contributed by atoms with Gasteiger partial charge in [0.1, 0.15) is 0 Å². The molecule has 1 aliphatic carbocycles. The molecule has 108 valence electrons. The lowest BCUT2D eigenvalue weighted by atomic mass is 9.83. The van der Waals surface area contributed by atoms with Gasteiger partial charge in [-0.25, -0.2) is 13.1 Å². The second kappa shape index (κ2) is 7.46. The van der Waals surface area contributed by atoms with Crippen molar-refractivity contribution in [2.24, 2.45) is 11.8 Å². The summed E-state index contributed by atoms with van der Waals surface area (Å²) >= 11 is 0. The summed E-state index contributed by atoms with van der Waals surface area (Å²) in [5.74, 6) is 1.52. The Morgan fingerprint density at radius 2 is 1.78 bits per heavy atom. The molecular formula is C13H28N2O2S. The molecule has 0 bridgehead atoms. The van der Waals surface area contributed by atoms with E-state index in [0.29, 0.717) is 25.0 Å². The molecule has 0 saturated heterocycles. The van der Waals surface area contributed by atoms with Crippen LogP contribution in [-0.4, -0.2) is 33.3 Å². The lowest BCUT2D eigenvalue weighted by Gasteiger charge is -2.26. The van der Waals surface area contributed by atoms with Gasteiger partial charge in [0, 0.05) is 19.1 Å². The van der Waals surface area contributed by atoms with E-state index in [1.807, 2.05) is 13.8 Å². The Bertz CT molecular complexity index is 320. The number of rotatable bonds is 7. The van der Waals surface area contributed by atoms with Crippen LogP contribution in [0, 0.1) is 11.8 Å². The van der Waals surface area contributed by atoms with Crippen molar-refractivity contribution >= 4 is 10.0 Å². The third kappa shape index (κ3) is 6.71. The molecule has 0 aliphatic heterocycles. The first kappa shape index (κ1) is 15.9. The van der Waals surface area contributed by atoms with Gasteiger partial charge in [0.05, 0.1) is 5.75 Å². The van der Waals surface area contributed by atoms with Gasteiger partial charge in [-0.05, 0) is 24.7 Å². The van der Waals surface area contributed by atoms with E-state index in [-0.39, 0.29) is 5.75 Å². The summed E-state index contributed by atoms with van der Waals surface area (Å²) in [6, 6.07) is 0.333. The minimum Gasteiger partial charge on any atom is -0.313 e. The molecule has 0 aromatic rings. The second-order valence-corrected chi connectivity index (χ2v) is 7.83. The number of hydrogen-bond donors (Lipinski definition) is 2. The monoisotopic (exact) mass is 276 g/mol. The first-order valence-electron chi connectivity index (χ1n) is 7.10. The van der Waals surface area contributed by atoms with Crippen molar-refractivity contribution < 1.29 is 8.42 Å². The van der Waals surface area contributed by atoms with Crippen LogP contribution in [0.4, 0.5) is 0 Å². The van der Waals surface area contributed by atoms with E-state index in [2.05, 4.69) is 17.0 Å². The predicted octanol–water partition coefficient (Wildman–Crippen LogP) is 1.73. The van der Waals surface area contributed by atoms with Gasteiger partial charge in [-0.3, -0.25) is 0 Å². The fraction of sp³-hybridized carbons (Fsp3) is 1.00. The van der Waals surface area contributed by atoms with Gasteiger partial charge in [0.15, 0.2) is 0 Å². The highest BCUT2D eigenvalue weighted by Crippen LogP contribution is 2.27. The molecule has 4 nitrogen and oxygen atoms in total. The molecule has 0 spiro atoms. The summed E-state index contributed by atoms with van der Waals surface area (Å²) in [5, 5.41) is 3.13. The molecule has 5 heteroatoms. The first-order valence-corrected chi connectivity index (χ1v) is 8.75. The average Bonchev–Trinajstić information content (AvgIpc) is 2.27. The number of sulfonamides is 1. The van der Waals surface area contributed by atoms with Crippen LogP contribution in [0.3, 0.4) is 0 Å². The SMILES string of the molecule is CC1CCC(CNS(=O)(=O)CCNC(C)C)CC1. The van der Waals surface area contributed by atoms with Gasteiger partial charge in [-0.1, -0.05) is 33.6 Å². The summed E-state index contributed by atoms with van der Waals surface area (Å²) < 4.78 is 26.3. The Balaban J connectivity index is 2.20. The molecule has 0 atom stereocenters. The van der Waals surface area contributed by atoms with Crippen LogP contribution in [0.5, 0.6) is 0 Å². The van der Waals surface area contributed by atoms with Crippen molar-refractivity contribution in [1.29, 1.82) is 0 Å². The Morgan fingerprint density at radius 1 is 1.17 bits per heavy atom. The van der Waals surface area contributed by atoms with Crippen molar-refractivity contribution in [3.05, 3.63) is 0 Å². The molecule has 2 N–H and O–H groups in total. The van der Waals surface area contributed by atoms with E-state index >= 15 is 0 Å². The molecule has 0 amide bonds. The van der Waals surface area contributed by atoms with Crippen LogP contribution >= 0.6 is 0 Å². The quantitative estimate of drug-likeness (QED) is 0.744. The highest BCUT2D eigenvalue weighted by atomic mass is 32.2. The van der Waals surface area contributed by atoms with E-state index in [1.165, 1.54) is 12.8 Å². The van der Waals surface area contributed by atoms with Gasteiger partial charge < -0.3 is 5.32 Å². The van der Waals surface area contributed by atoms with Gasteiger partial charge in [-0.2, -0.15) is 0 Å². The molecule has 1 aliphatic rings. The topological polar surface area (TPSA) is 58.2 Å². The first-order chi connectivity index (χ1) is 8.39. The van der Waals surface area contributed by atoms with Crippen molar-refractivity contribution in [2.45, 2.75) is 52.5 Å². The Morgan fingerprint density at radius 3 is 2.33 bits per heavy atom. The summed E-state index contributed by atoms with van der Waals surface area (Å²) in [6.07, 6.45) is 4.80. The number of nitrogens with one attached hydrogen (secondary N) is 2. The Hall–Kier alpha value is -0.130. The van der Waals surface area contributed by atoms with Gasteiger partial charge in [0.2, 0.25) is 10.0 Å². The van der Waals surface area contributed by atoms with Crippen LogP contribution in [0.25, 0.3) is 0 Å². The van der Waals surface area contributed by atoms with Crippen LogP contribution in [0.1, 0.15) is 46.5 Å². The standard InChI is InChI=1S/C13H28N2O2S/c1-11(2)14-8-9-18(16,17)15-10-13-6-4-12(3)5-7-13/h11-15H,4-10H2,1-3H3. The molecule has 1 fully saturated rings. The molecule has 18 heavy (non-hydrogen) atoms. The van der Waals surface area contributed by atoms with E-state index < -0.39 is 10.0 Å². The lowest BCUT2D eigenvalue weighted by Crippen LogP contribution is -2.37. The summed E-state index contributed by atoms with van der Waals surface area (Å²) in [5.41, 5.74) is 0. The maximum Gasteiger partial charge on any atom is 0.212 e. The third-order valence-corrected chi connectivity index (χ3v) is 5.00. The second-order valence-electron chi connectivity index (χ2n) is 5.90. The maximum absolute atomic E-state index is 11.8. The van der Waals surface area contributed by atoms with Crippen LogP contribution in [-0.2, 0) is 10.0 Å². The molecule has 0 heterocycles. The average molecular weight is 276 g/mol. The third-order valence-electron chi connectivity index (χ3n) is 3.65. The smallest absolute Gasteiger partial charge is 0.212 e. The zero-order chi connectivity index (χ0) is 13.6. The van der Waals surface area contributed by atoms with Crippen LogP contribution < -0.4 is 10.0 Å². The van der Waals surface area contributed by atoms with Gasteiger partial charge in [-0.15, -0.1) is 0 Å². The maximum atomic E-state index is 11.8. The fourth-order valence-electron chi connectivity index (χ4n) is 2.33. The van der Waals surface area contributed by atoms with E-state index in [9.17, 15) is 8.42 Å². The molecule has 0 aromatic carbocycles. The summed E-state index contributed by atoms with van der Waals surface area (Å²) in [4.78, 5) is 0. The van der Waals surface area contributed by atoms with E-state index in [1.54, 1.807) is 0 Å². The molecule has 0 unspecified atom stereocenters. The molecule has 1 rings (SSSR count). The van der Waals surface area contributed by atoms with Crippen molar-refractivity contribution in [2.75, 3.05) is 18.8 Å². The molecule has 0 aromatic heterocycles. The number of hydrogen-bond acceptors (Lipinski definition) is 3.